The lowest BCUT2D eigenvalue weighted by molar-refractivity contribution is 0.410. The van der Waals surface area contributed by atoms with Gasteiger partial charge in [0.1, 0.15) is 0 Å². The monoisotopic (exact) mass is 277 g/mol. The molecule has 1 N–H and O–H groups in total. The Hall–Kier alpha value is -2.44. The Morgan fingerprint density at radius 1 is 1.20 bits per heavy atom. The van der Waals surface area contributed by atoms with Gasteiger partial charge in [0.2, 0.25) is 11.9 Å². The number of nitrogens with zero attached hydrogens (tertiary/aromatic N) is 4. The molecule has 0 aliphatic rings. The molecule has 0 atom stereocenters. The van der Waals surface area contributed by atoms with Gasteiger partial charge in [0.15, 0.2) is 11.6 Å². The van der Waals surface area contributed by atoms with E-state index in [4.69, 9.17) is 4.74 Å². The lowest BCUT2D eigenvalue weighted by Gasteiger charge is -2.13. The summed E-state index contributed by atoms with van der Waals surface area (Å²) >= 11 is 0. The van der Waals surface area contributed by atoms with E-state index in [9.17, 15) is 4.39 Å². The lowest BCUT2D eigenvalue weighted by Crippen LogP contribution is -2.15. The van der Waals surface area contributed by atoms with E-state index in [1.54, 1.807) is 38.2 Å². The highest BCUT2D eigenvalue weighted by Gasteiger charge is 2.11. The Morgan fingerprint density at radius 3 is 2.60 bits per heavy atom. The van der Waals surface area contributed by atoms with Gasteiger partial charge in [-0.3, -0.25) is 0 Å². The number of halogens is 1. The third kappa shape index (κ3) is 3.11. The number of anilines is 2. The quantitative estimate of drug-likeness (QED) is 0.924. The van der Waals surface area contributed by atoms with Crippen LogP contribution >= 0.6 is 0 Å². The molecule has 0 saturated heterocycles. The Morgan fingerprint density at radius 2 is 1.95 bits per heavy atom. The second-order valence-electron chi connectivity index (χ2n) is 4.42. The van der Waals surface area contributed by atoms with Crippen LogP contribution in [0.25, 0.3) is 0 Å². The van der Waals surface area contributed by atoms with Crippen LogP contribution in [-0.4, -0.2) is 36.1 Å². The molecule has 0 aliphatic carbocycles. The molecule has 0 amide bonds. The van der Waals surface area contributed by atoms with E-state index in [-0.39, 0.29) is 11.8 Å². The normalized spacial score (nSPS) is 10.2. The fraction of sp³-hybridized carbons (Fsp3) is 0.308. The summed E-state index contributed by atoms with van der Waals surface area (Å²) in [6, 6.07) is 4.64. The first-order valence-electron chi connectivity index (χ1n) is 6.04. The van der Waals surface area contributed by atoms with Gasteiger partial charge in [-0.05, 0) is 24.6 Å². The summed E-state index contributed by atoms with van der Waals surface area (Å²) in [6.45, 7) is 1.85. The van der Waals surface area contributed by atoms with Crippen LogP contribution in [-0.2, 0) is 0 Å². The van der Waals surface area contributed by atoms with E-state index in [0.717, 1.165) is 5.56 Å². The highest BCUT2D eigenvalue weighted by Crippen LogP contribution is 2.24. The highest BCUT2D eigenvalue weighted by atomic mass is 19.1. The van der Waals surface area contributed by atoms with Crippen molar-refractivity contribution in [1.82, 2.24) is 15.0 Å². The summed E-state index contributed by atoms with van der Waals surface area (Å²) in [7, 11) is 5.28. The molecule has 7 heteroatoms. The zero-order chi connectivity index (χ0) is 14.7. The first-order chi connectivity index (χ1) is 9.49. The van der Waals surface area contributed by atoms with Gasteiger partial charge in [-0.25, -0.2) is 4.39 Å². The molecular formula is C13H16FN5O. The summed E-state index contributed by atoms with van der Waals surface area (Å²) in [5, 5.41) is 2.81. The summed E-state index contributed by atoms with van der Waals surface area (Å²) in [5.41, 5.74) is 0.886. The topological polar surface area (TPSA) is 63.2 Å². The van der Waals surface area contributed by atoms with Crippen LogP contribution in [0.4, 0.5) is 16.3 Å². The Kier molecular flexibility index (Phi) is 3.97. The predicted molar refractivity (Wildman–Crippen MR) is 74.9 cm³/mol. The second-order valence-corrected chi connectivity index (χ2v) is 4.42. The van der Waals surface area contributed by atoms with Crippen LogP contribution in [0.2, 0.25) is 0 Å². The standard InChI is InChI=1S/C13H16FN5O/c1-8-5-6-9(14)10(7-8)20-13-17-11(15-2)16-12(18-13)19(3)4/h5-7H,1-4H3,(H,15,16,17,18). The SMILES string of the molecule is CNc1nc(Oc2cc(C)ccc2F)nc(N(C)C)n1. The zero-order valence-electron chi connectivity index (χ0n) is 11.8. The Bertz CT molecular complexity index is 618. The van der Waals surface area contributed by atoms with Crippen LogP contribution < -0.4 is 15.0 Å². The maximum Gasteiger partial charge on any atom is 0.328 e. The van der Waals surface area contributed by atoms with Crippen molar-refractivity contribution in [3.8, 4) is 11.8 Å². The molecule has 0 saturated carbocycles. The van der Waals surface area contributed by atoms with Crippen molar-refractivity contribution in [3.63, 3.8) is 0 Å². The van der Waals surface area contributed by atoms with Crippen molar-refractivity contribution in [3.05, 3.63) is 29.6 Å². The van der Waals surface area contributed by atoms with Crippen molar-refractivity contribution < 1.29 is 9.13 Å². The third-order valence-electron chi connectivity index (χ3n) is 2.51. The average Bonchev–Trinajstić information content (AvgIpc) is 2.42. The van der Waals surface area contributed by atoms with E-state index in [2.05, 4.69) is 20.3 Å². The summed E-state index contributed by atoms with van der Waals surface area (Å²) in [6.07, 6.45) is 0. The molecule has 0 radical (unpaired) electrons. The van der Waals surface area contributed by atoms with Gasteiger partial charge in [-0.2, -0.15) is 15.0 Å². The number of ether oxygens (including phenoxy) is 1. The lowest BCUT2D eigenvalue weighted by atomic mass is 10.2. The Balaban J connectivity index is 2.37. The first kappa shape index (κ1) is 14.0. The fourth-order valence-electron chi connectivity index (χ4n) is 1.49. The number of hydrogen-bond acceptors (Lipinski definition) is 6. The van der Waals surface area contributed by atoms with Crippen LogP contribution in [0.1, 0.15) is 5.56 Å². The minimum atomic E-state index is -0.464. The Labute approximate surface area is 116 Å². The van der Waals surface area contributed by atoms with Crippen molar-refractivity contribution in [2.24, 2.45) is 0 Å². The minimum Gasteiger partial charge on any atom is -0.421 e. The largest absolute Gasteiger partial charge is 0.421 e. The van der Waals surface area contributed by atoms with Crippen LogP contribution in [0.15, 0.2) is 18.2 Å². The van der Waals surface area contributed by atoms with E-state index < -0.39 is 5.82 Å². The second kappa shape index (κ2) is 5.68. The average molecular weight is 277 g/mol. The maximum atomic E-state index is 13.7. The molecule has 6 nitrogen and oxygen atoms in total. The van der Waals surface area contributed by atoms with Crippen molar-refractivity contribution >= 4 is 11.9 Å². The van der Waals surface area contributed by atoms with E-state index in [1.807, 2.05) is 6.92 Å². The summed E-state index contributed by atoms with van der Waals surface area (Å²) in [5.74, 6) is 0.399. The van der Waals surface area contributed by atoms with E-state index >= 15 is 0 Å². The number of aryl methyl sites for hydroxylation is 1. The van der Waals surface area contributed by atoms with Crippen LogP contribution in [0.5, 0.6) is 11.8 Å². The maximum absolute atomic E-state index is 13.7. The molecule has 1 aromatic heterocycles. The molecule has 0 bridgehead atoms. The smallest absolute Gasteiger partial charge is 0.328 e. The minimum absolute atomic E-state index is 0.0394. The molecule has 1 aromatic carbocycles. The molecule has 0 unspecified atom stereocenters. The van der Waals surface area contributed by atoms with Gasteiger partial charge < -0.3 is 15.0 Å². The number of aromatic nitrogens is 3. The van der Waals surface area contributed by atoms with E-state index in [1.165, 1.54) is 6.07 Å². The van der Waals surface area contributed by atoms with Crippen molar-refractivity contribution in [2.75, 3.05) is 31.4 Å². The third-order valence-corrected chi connectivity index (χ3v) is 2.51. The molecule has 2 aromatic rings. The zero-order valence-corrected chi connectivity index (χ0v) is 11.8. The van der Waals surface area contributed by atoms with Gasteiger partial charge in [-0.15, -0.1) is 0 Å². The molecule has 1 heterocycles. The van der Waals surface area contributed by atoms with Crippen LogP contribution in [0, 0.1) is 12.7 Å². The molecule has 2 rings (SSSR count). The molecule has 0 aliphatic heterocycles. The van der Waals surface area contributed by atoms with Gasteiger partial charge in [0.25, 0.3) is 0 Å². The van der Waals surface area contributed by atoms with Crippen LogP contribution in [0.3, 0.4) is 0 Å². The van der Waals surface area contributed by atoms with Gasteiger partial charge in [0.05, 0.1) is 0 Å². The van der Waals surface area contributed by atoms with E-state index in [0.29, 0.717) is 11.9 Å². The van der Waals surface area contributed by atoms with Gasteiger partial charge >= 0.3 is 6.01 Å². The number of nitrogens with one attached hydrogen (secondary N) is 1. The summed E-state index contributed by atoms with van der Waals surface area (Å²) in [4.78, 5) is 14.0. The molecule has 0 fully saturated rings. The molecular weight excluding hydrogens is 261 g/mol. The number of rotatable bonds is 4. The molecule has 20 heavy (non-hydrogen) atoms. The first-order valence-corrected chi connectivity index (χ1v) is 6.04. The number of benzene rings is 1. The van der Waals surface area contributed by atoms with Gasteiger partial charge in [0, 0.05) is 21.1 Å². The van der Waals surface area contributed by atoms with Gasteiger partial charge in [-0.1, -0.05) is 6.07 Å². The fourth-order valence-corrected chi connectivity index (χ4v) is 1.49. The number of hydrogen-bond donors (Lipinski definition) is 1. The predicted octanol–water partition coefficient (Wildman–Crippen LogP) is 2.22. The molecule has 0 spiro atoms. The highest BCUT2D eigenvalue weighted by molar-refractivity contribution is 5.38. The van der Waals surface area contributed by atoms with Crippen molar-refractivity contribution in [2.45, 2.75) is 6.92 Å². The molecule has 106 valence electrons. The summed E-state index contributed by atoms with van der Waals surface area (Å²) < 4.78 is 19.1. The van der Waals surface area contributed by atoms with Crippen molar-refractivity contribution in [1.29, 1.82) is 0 Å².